The largest absolute Gasteiger partial charge is 0.298 e. The Morgan fingerprint density at radius 1 is 1.25 bits per heavy atom. The molecule has 0 saturated heterocycles. The maximum atomic E-state index is 10.9. The van der Waals surface area contributed by atoms with Crippen molar-refractivity contribution in [2.75, 3.05) is 0 Å². The maximum Gasteiger partial charge on any atom is 0.146 e. The van der Waals surface area contributed by atoms with Gasteiger partial charge in [0.05, 0.1) is 0 Å². The molecule has 0 aromatic rings. The van der Waals surface area contributed by atoms with Crippen molar-refractivity contribution in [1.29, 1.82) is 0 Å². The van der Waals surface area contributed by atoms with Crippen LogP contribution in [-0.4, -0.2) is 6.29 Å². The Hall–Kier alpha value is -1.37. The average Bonchev–Trinajstić information content (AvgIpc) is 2.37. The van der Waals surface area contributed by atoms with Crippen molar-refractivity contribution < 1.29 is 4.79 Å². The Bertz CT molecular complexity index is 512. The molecule has 1 atom stereocenters. The predicted octanol–water partition coefficient (Wildman–Crippen LogP) is 5.16. The van der Waals surface area contributed by atoms with E-state index in [2.05, 4.69) is 45.9 Å². The second kappa shape index (κ2) is 5.95. The Balaban J connectivity index is 2.20. The van der Waals surface area contributed by atoms with Gasteiger partial charge in [-0.3, -0.25) is 4.79 Å². The molecule has 0 heterocycles. The lowest BCUT2D eigenvalue weighted by atomic mass is 9.72. The zero-order valence-electron chi connectivity index (χ0n) is 13.2. The fraction of sp³-hybridized carbons (Fsp3) is 0.526. The van der Waals surface area contributed by atoms with Crippen LogP contribution in [0.5, 0.6) is 0 Å². The highest BCUT2D eigenvalue weighted by Gasteiger charge is 2.26. The first-order chi connectivity index (χ1) is 9.44. The summed E-state index contributed by atoms with van der Waals surface area (Å²) >= 11 is 0. The normalized spacial score (nSPS) is 26.5. The van der Waals surface area contributed by atoms with Gasteiger partial charge in [0.25, 0.3) is 0 Å². The molecule has 0 saturated carbocycles. The standard InChI is InChI=1S/C19H26O/c1-14-6-5-11-19(3,4)18(14)10-8-16-7-9-17(13-20)15(2)12-16/h7-10,13,15H,5-6,11-12H2,1-4H3. The molecular weight excluding hydrogens is 244 g/mol. The third-order valence-corrected chi connectivity index (χ3v) is 4.74. The van der Waals surface area contributed by atoms with E-state index in [0.717, 1.165) is 18.3 Å². The second-order valence-corrected chi connectivity index (χ2v) is 6.90. The van der Waals surface area contributed by atoms with Crippen LogP contribution >= 0.6 is 0 Å². The van der Waals surface area contributed by atoms with Crippen LogP contribution in [0.3, 0.4) is 0 Å². The van der Waals surface area contributed by atoms with Crippen LogP contribution in [0.15, 0.2) is 46.6 Å². The van der Waals surface area contributed by atoms with Crippen LogP contribution in [0.25, 0.3) is 0 Å². The molecule has 0 N–H and O–H groups in total. The second-order valence-electron chi connectivity index (χ2n) is 6.90. The van der Waals surface area contributed by atoms with E-state index in [1.165, 1.54) is 36.0 Å². The van der Waals surface area contributed by atoms with Gasteiger partial charge in [0.15, 0.2) is 0 Å². The fourth-order valence-electron chi connectivity index (χ4n) is 3.39. The molecule has 108 valence electrons. The topological polar surface area (TPSA) is 17.1 Å². The highest BCUT2D eigenvalue weighted by molar-refractivity contribution is 5.75. The highest BCUT2D eigenvalue weighted by Crippen LogP contribution is 2.41. The lowest BCUT2D eigenvalue weighted by molar-refractivity contribution is -0.105. The molecular formula is C19H26O. The van der Waals surface area contributed by atoms with Crippen LogP contribution in [0.1, 0.15) is 53.4 Å². The van der Waals surface area contributed by atoms with Crippen LogP contribution in [0.4, 0.5) is 0 Å². The Morgan fingerprint density at radius 2 is 2.00 bits per heavy atom. The van der Waals surface area contributed by atoms with E-state index >= 15 is 0 Å². The molecule has 0 aromatic carbocycles. The van der Waals surface area contributed by atoms with Crippen LogP contribution in [0.2, 0.25) is 0 Å². The quantitative estimate of drug-likeness (QED) is 0.647. The van der Waals surface area contributed by atoms with Crippen molar-refractivity contribution in [3.8, 4) is 0 Å². The molecule has 0 amide bonds. The molecule has 0 aromatic heterocycles. The van der Waals surface area contributed by atoms with Gasteiger partial charge in [-0.2, -0.15) is 0 Å². The summed E-state index contributed by atoms with van der Waals surface area (Å²) in [5.74, 6) is 0.339. The summed E-state index contributed by atoms with van der Waals surface area (Å²) in [4.78, 5) is 10.9. The third-order valence-electron chi connectivity index (χ3n) is 4.74. The van der Waals surface area contributed by atoms with Gasteiger partial charge in [-0.25, -0.2) is 0 Å². The Labute approximate surface area is 123 Å². The van der Waals surface area contributed by atoms with Gasteiger partial charge >= 0.3 is 0 Å². The summed E-state index contributed by atoms with van der Waals surface area (Å²) in [5, 5.41) is 0. The lowest BCUT2D eigenvalue weighted by Crippen LogP contribution is -2.19. The first-order valence-electron chi connectivity index (χ1n) is 7.68. The van der Waals surface area contributed by atoms with E-state index < -0.39 is 0 Å². The monoisotopic (exact) mass is 270 g/mol. The fourth-order valence-corrected chi connectivity index (χ4v) is 3.39. The van der Waals surface area contributed by atoms with Gasteiger partial charge in [0, 0.05) is 0 Å². The molecule has 2 rings (SSSR count). The third kappa shape index (κ3) is 3.20. The first-order valence-corrected chi connectivity index (χ1v) is 7.68. The minimum absolute atomic E-state index is 0.295. The summed E-state index contributed by atoms with van der Waals surface area (Å²) in [6.07, 6.45) is 14.4. The van der Waals surface area contributed by atoms with Crippen LogP contribution < -0.4 is 0 Å². The van der Waals surface area contributed by atoms with Crippen molar-refractivity contribution >= 4 is 6.29 Å². The Morgan fingerprint density at radius 3 is 2.60 bits per heavy atom. The van der Waals surface area contributed by atoms with Gasteiger partial charge < -0.3 is 0 Å². The van der Waals surface area contributed by atoms with Gasteiger partial charge in [-0.1, -0.05) is 50.6 Å². The highest BCUT2D eigenvalue weighted by atomic mass is 16.1. The van der Waals surface area contributed by atoms with E-state index in [0.29, 0.717) is 11.3 Å². The summed E-state index contributed by atoms with van der Waals surface area (Å²) < 4.78 is 0. The minimum Gasteiger partial charge on any atom is -0.298 e. The van der Waals surface area contributed by atoms with Crippen LogP contribution in [0, 0.1) is 11.3 Å². The van der Waals surface area contributed by atoms with Crippen molar-refractivity contribution in [2.24, 2.45) is 11.3 Å². The Kier molecular flexibility index (Phi) is 4.47. The molecule has 0 radical (unpaired) electrons. The molecule has 20 heavy (non-hydrogen) atoms. The number of allylic oxidation sites excluding steroid dienone is 8. The number of rotatable bonds is 3. The number of carbonyl (C=O) groups is 1. The summed E-state index contributed by atoms with van der Waals surface area (Å²) in [5.41, 5.74) is 5.57. The maximum absolute atomic E-state index is 10.9. The van der Waals surface area contributed by atoms with E-state index in [1.54, 1.807) is 0 Å². The van der Waals surface area contributed by atoms with Crippen molar-refractivity contribution in [3.05, 3.63) is 46.6 Å². The van der Waals surface area contributed by atoms with Crippen molar-refractivity contribution in [3.63, 3.8) is 0 Å². The van der Waals surface area contributed by atoms with E-state index in [1.807, 2.05) is 6.08 Å². The number of hydrogen-bond donors (Lipinski definition) is 0. The summed E-state index contributed by atoms with van der Waals surface area (Å²) in [6, 6.07) is 0. The predicted molar refractivity (Wildman–Crippen MR) is 85.5 cm³/mol. The average molecular weight is 270 g/mol. The SMILES string of the molecule is CC1=C(C=CC2=CC=C(C=O)C(C)C2)C(C)(C)CCC1. The minimum atomic E-state index is 0.295. The van der Waals surface area contributed by atoms with Gasteiger partial charge in [-0.15, -0.1) is 0 Å². The summed E-state index contributed by atoms with van der Waals surface area (Å²) in [7, 11) is 0. The molecule has 1 unspecified atom stereocenters. The van der Waals surface area contributed by atoms with Crippen molar-refractivity contribution in [2.45, 2.75) is 53.4 Å². The molecule has 0 aliphatic heterocycles. The van der Waals surface area contributed by atoms with Gasteiger partial charge in [0.2, 0.25) is 0 Å². The number of aldehydes is 1. The van der Waals surface area contributed by atoms with Crippen LogP contribution in [-0.2, 0) is 4.79 Å². The number of hydrogen-bond acceptors (Lipinski definition) is 1. The first kappa shape index (κ1) is 15.0. The molecule has 2 aliphatic rings. The zero-order valence-corrected chi connectivity index (χ0v) is 13.2. The molecule has 1 heteroatoms. The van der Waals surface area contributed by atoms with E-state index in [4.69, 9.17) is 0 Å². The molecule has 0 spiro atoms. The summed E-state index contributed by atoms with van der Waals surface area (Å²) in [6.45, 7) is 9.08. The molecule has 0 bridgehead atoms. The lowest BCUT2D eigenvalue weighted by Gasteiger charge is -2.33. The van der Waals surface area contributed by atoms with Gasteiger partial charge in [-0.05, 0) is 60.7 Å². The smallest absolute Gasteiger partial charge is 0.146 e. The number of carbonyl (C=O) groups excluding carboxylic acids is 1. The van der Waals surface area contributed by atoms with Crippen molar-refractivity contribution in [1.82, 2.24) is 0 Å². The van der Waals surface area contributed by atoms with Gasteiger partial charge in [0.1, 0.15) is 6.29 Å². The molecule has 2 aliphatic carbocycles. The molecule has 0 fully saturated rings. The van der Waals surface area contributed by atoms with E-state index in [-0.39, 0.29) is 0 Å². The zero-order chi connectivity index (χ0) is 14.8. The molecule has 1 nitrogen and oxygen atoms in total. The van der Waals surface area contributed by atoms with E-state index in [9.17, 15) is 4.79 Å².